The third-order valence-electron chi connectivity index (χ3n) is 4.67. The zero-order valence-electron chi connectivity index (χ0n) is 12.6. The maximum Gasteiger partial charge on any atom is 0.231 e. The van der Waals surface area contributed by atoms with Gasteiger partial charge in [0.25, 0.3) is 0 Å². The first-order valence-corrected chi connectivity index (χ1v) is 8.63. The summed E-state index contributed by atoms with van der Waals surface area (Å²) in [4.78, 5) is 21.5. The first kappa shape index (κ1) is 13.9. The fourth-order valence-electron chi connectivity index (χ4n) is 3.64. The number of anilines is 1. The van der Waals surface area contributed by atoms with Crippen LogP contribution in [0.1, 0.15) is 11.4 Å². The first-order chi connectivity index (χ1) is 10.7. The second-order valence-electron chi connectivity index (χ2n) is 6.26. The zero-order valence-corrected chi connectivity index (χ0v) is 13.4. The lowest BCUT2D eigenvalue weighted by Gasteiger charge is -2.20. The van der Waals surface area contributed by atoms with E-state index in [0.717, 1.165) is 43.3 Å². The number of aryl methyl sites for hydroxylation is 1. The monoisotopic (exact) mass is 313 g/mol. The van der Waals surface area contributed by atoms with Gasteiger partial charge in [-0.15, -0.1) is 0 Å². The molecule has 4 nitrogen and oxygen atoms in total. The summed E-state index contributed by atoms with van der Waals surface area (Å²) in [7, 11) is 0. The number of nitrogens with zero attached hydrogens (tertiary/aromatic N) is 3. The minimum absolute atomic E-state index is 0.157. The molecular weight excluding hydrogens is 294 g/mol. The number of aromatic nitrogens is 1. The third kappa shape index (κ3) is 2.44. The van der Waals surface area contributed by atoms with Crippen LogP contribution in [-0.4, -0.2) is 35.4 Å². The van der Waals surface area contributed by atoms with Gasteiger partial charge >= 0.3 is 0 Å². The van der Waals surface area contributed by atoms with Crippen LogP contribution in [0, 0.1) is 18.8 Å². The van der Waals surface area contributed by atoms with Crippen molar-refractivity contribution >= 4 is 22.9 Å². The molecule has 2 atom stereocenters. The molecule has 0 N–H and O–H groups in total. The Hall–Kier alpha value is -1.72. The number of carbonyl (C=O) groups is 1. The summed E-state index contributed by atoms with van der Waals surface area (Å²) >= 11 is 1.65. The largest absolute Gasteiger partial charge is 0.311 e. The quantitative estimate of drug-likeness (QED) is 0.874. The Morgan fingerprint density at radius 3 is 2.91 bits per heavy atom. The highest BCUT2D eigenvalue weighted by Crippen LogP contribution is 2.36. The molecule has 2 saturated heterocycles. The van der Waals surface area contributed by atoms with E-state index in [9.17, 15) is 4.79 Å². The van der Waals surface area contributed by atoms with E-state index >= 15 is 0 Å². The number of fused-ring (bicyclic) bond motifs is 1. The van der Waals surface area contributed by atoms with Crippen molar-refractivity contribution in [3.05, 3.63) is 46.4 Å². The molecule has 4 rings (SSSR count). The van der Waals surface area contributed by atoms with Crippen molar-refractivity contribution in [3.63, 3.8) is 0 Å². The molecule has 4 heterocycles. The molecule has 2 aliphatic heterocycles. The molecule has 2 fully saturated rings. The lowest BCUT2D eigenvalue weighted by molar-refractivity contribution is -0.120. The Bertz CT molecular complexity index is 685. The highest BCUT2D eigenvalue weighted by Gasteiger charge is 2.46. The van der Waals surface area contributed by atoms with Crippen molar-refractivity contribution in [2.24, 2.45) is 11.8 Å². The van der Waals surface area contributed by atoms with Crippen LogP contribution in [0.5, 0.6) is 0 Å². The van der Waals surface area contributed by atoms with Crippen LogP contribution >= 0.6 is 11.3 Å². The Kier molecular flexibility index (Phi) is 3.47. The van der Waals surface area contributed by atoms with Crippen molar-refractivity contribution < 1.29 is 4.79 Å². The molecule has 5 heteroatoms. The number of thiophene rings is 1. The van der Waals surface area contributed by atoms with Gasteiger partial charge in [0.2, 0.25) is 5.91 Å². The van der Waals surface area contributed by atoms with Crippen molar-refractivity contribution in [3.8, 4) is 0 Å². The van der Waals surface area contributed by atoms with E-state index < -0.39 is 0 Å². The van der Waals surface area contributed by atoms with E-state index in [-0.39, 0.29) is 5.92 Å². The summed E-state index contributed by atoms with van der Waals surface area (Å²) in [5.74, 6) is 0.907. The lowest BCUT2D eigenvalue weighted by atomic mass is 10.0. The average Bonchev–Trinajstić information content (AvgIpc) is 3.17. The van der Waals surface area contributed by atoms with Gasteiger partial charge in [0, 0.05) is 43.2 Å². The van der Waals surface area contributed by atoms with E-state index in [1.54, 1.807) is 11.3 Å². The standard InChI is InChI=1S/C17H19N3OS/c1-12-3-2-4-14(18-12)9-19-7-13-8-20(15-5-6-22-11-15)17(21)16(13)10-19/h2-6,11,13,16H,7-10H2,1H3/t13-,16-/m0/s1. The molecule has 22 heavy (non-hydrogen) atoms. The summed E-state index contributed by atoms with van der Waals surface area (Å²) in [6.45, 7) is 5.58. The zero-order chi connectivity index (χ0) is 15.1. The van der Waals surface area contributed by atoms with Crippen LogP contribution in [0.15, 0.2) is 35.0 Å². The molecule has 2 aliphatic rings. The van der Waals surface area contributed by atoms with Crippen molar-refractivity contribution in [1.29, 1.82) is 0 Å². The van der Waals surface area contributed by atoms with Gasteiger partial charge in [-0.3, -0.25) is 14.7 Å². The molecule has 114 valence electrons. The highest BCUT2D eigenvalue weighted by molar-refractivity contribution is 7.08. The summed E-state index contributed by atoms with van der Waals surface area (Å²) in [5.41, 5.74) is 3.22. The van der Waals surface area contributed by atoms with Crippen LogP contribution in [0.25, 0.3) is 0 Å². The normalized spacial score (nSPS) is 25.0. The molecule has 2 aromatic heterocycles. The smallest absolute Gasteiger partial charge is 0.231 e. The fraction of sp³-hybridized carbons (Fsp3) is 0.412. The van der Waals surface area contributed by atoms with E-state index in [0.29, 0.717) is 11.8 Å². The van der Waals surface area contributed by atoms with Gasteiger partial charge in [0.05, 0.1) is 17.3 Å². The lowest BCUT2D eigenvalue weighted by Crippen LogP contribution is -2.32. The number of pyridine rings is 1. The number of rotatable bonds is 3. The van der Waals surface area contributed by atoms with Crippen molar-refractivity contribution in [2.75, 3.05) is 24.5 Å². The van der Waals surface area contributed by atoms with E-state index in [1.165, 1.54) is 0 Å². The van der Waals surface area contributed by atoms with E-state index in [2.05, 4.69) is 27.4 Å². The van der Waals surface area contributed by atoms with Gasteiger partial charge in [-0.05, 0) is 30.5 Å². The summed E-state index contributed by atoms with van der Waals surface area (Å²) in [6.07, 6.45) is 0. The number of amides is 1. The highest BCUT2D eigenvalue weighted by atomic mass is 32.1. The Balaban J connectivity index is 1.43. The number of carbonyl (C=O) groups excluding carboxylic acids is 1. The first-order valence-electron chi connectivity index (χ1n) is 7.69. The number of likely N-dealkylation sites (tertiary alicyclic amines) is 1. The fourth-order valence-corrected chi connectivity index (χ4v) is 4.28. The average molecular weight is 313 g/mol. The molecule has 0 spiro atoms. The Morgan fingerprint density at radius 2 is 2.18 bits per heavy atom. The summed E-state index contributed by atoms with van der Waals surface area (Å²) in [6, 6.07) is 8.18. The SMILES string of the molecule is Cc1cccc(CN2C[C@H]3CN(c4ccsc4)C(=O)[C@H]3C2)n1. The van der Waals surface area contributed by atoms with Gasteiger partial charge in [-0.1, -0.05) is 6.07 Å². The van der Waals surface area contributed by atoms with Crippen LogP contribution < -0.4 is 4.90 Å². The van der Waals surface area contributed by atoms with E-state index in [1.807, 2.05) is 29.3 Å². The molecule has 0 bridgehead atoms. The maximum absolute atomic E-state index is 12.6. The summed E-state index contributed by atoms with van der Waals surface area (Å²) < 4.78 is 0. The molecule has 2 aromatic rings. The predicted octanol–water partition coefficient (Wildman–Crippen LogP) is 2.55. The Morgan fingerprint density at radius 1 is 1.27 bits per heavy atom. The molecule has 0 unspecified atom stereocenters. The second kappa shape index (κ2) is 5.48. The molecule has 0 aromatic carbocycles. The molecule has 0 radical (unpaired) electrons. The molecular formula is C17H19N3OS. The third-order valence-corrected chi connectivity index (χ3v) is 5.34. The number of hydrogen-bond acceptors (Lipinski definition) is 4. The summed E-state index contributed by atoms with van der Waals surface area (Å²) in [5, 5.41) is 4.10. The molecule has 0 saturated carbocycles. The van der Waals surface area contributed by atoms with Gasteiger partial charge in [0.1, 0.15) is 0 Å². The van der Waals surface area contributed by atoms with Gasteiger partial charge in [-0.25, -0.2) is 0 Å². The van der Waals surface area contributed by atoms with Crippen LogP contribution in [-0.2, 0) is 11.3 Å². The molecule has 1 amide bonds. The number of hydrogen-bond donors (Lipinski definition) is 0. The predicted molar refractivity (Wildman–Crippen MR) is 87.9 cm³/mol. The van der Waals surface area contributed by atoms with Crippen LogP contribution in [0.4, 0.5) is 5.69 Å². The van der Waals surface area contributed by atoms with Gasteiger partial charge in [0.15, 0.2) is 0 Å². The topological polar surface area (TPSA) is 36.4 Å². The maximum atomic E-state index is 12.6. The second-order valence-corrected chi connectivity index (χ2v) is 7.04. The molecule has 0 aliphatic carbocycles. The van der Waals surface area contributed by atoms with Crippen molar-refractivity contribution in [1.82, 2.24) is 9.88 Å². The Labute approximate surface area is 134 Å². The van der Waals surface area contributed by atoms with Crippen LogP contribution in [0.2, 0.25) is 0 Å². The van der Waals surface area contributed by atoms with Gasteiger partial charge < -0.3 is 4.90 Å². The minimum Gasteiger partial charge on any atom is -0.311 e. The van der Waals surface area contributed by atoms with Gasteiger partial charge in [-0.2, -0.15) is 11.3 Å². The van der Waals surface area contributed by atoms with Crippen LogP contribution in [0.3, 0.4) is 0 Å². The van der Waals surface area contributed by atoms with Crippen molar-refractivity contribution in [2.45, 2.75) is 13.5 Å². The minimum atomic E-state index is 0.157. The van der Waals surface area contributed by atoms with E-state index in [4.69, 9.17) is 0 Å².